The number of sulfonamides is 1. The van der Waals surface area contributed by atoms with E-state index in [2.05, 4.69) is 10.6 Å². The van der Waals surface area contributed by atoms with Crippen LogP contribution in [-0.4, -0.2) is 66.2 Å². The summed E-state index contributed by atoms with van der Waals surface area (Å²) in [5.41, 5.74) is -0.787. The van der Waals surface area contributed by atoms with Gasteiger partial charge in [-0.2, -0.15) is 0 Å². The first-order valence-electron chi connectivity index (χ1n) is 11.8. The van der Waals surface area contributed by atoms with Crippen LogP contribution in [0.25, 0.3) is 0 Å². The summed E-state index contributed by atoms with van der Waals surface area (Å²) in [6.07, 6.45) is -0.844. The molecule has 4 atom stereocenters. The molecule has 1 aliphatic rings. The predicted octanol–water partition coefficient (Wildman–Crippen LogP) is 2.64. The normalized spacial score (nSPS) is 22.5. The molecular formula is C24H39N3O6S. The van der Waals surface area contributed by atoms with E-state index in [9.17, 15) is 23.1 Å². The van der Waals surface area contributed by atoms with Crippen LogP contribution in [0, 0.1) is 5.92 Å². The zero-order valence-electron chi connectivity index (χ0n) is 20.9. The topological polar surface area (TPSA) is 125 Å². The lowest BCUT2D eigenvalue weighted by Gasteiger charge is -2.36. The summed E-state index contributed by atoms with van der Waals surface area (Å²) in [7, 11) is -4.31. The van der Waals surface area contributed by atoms with Crippen LogP contribution in [0.4, 0.5) is 4.79 Å². The standard InChI is InChI=1S/C24H39N3O6S/c1-16(2)14-19(26-23(30)33-24(4,5)6)22(29)27(20-13-12-17(3)25-15-21(20)28)34(31,32)18-10-8-7-9-11-18/h7-11,16-17,19-21,25,28H,12-15H2,1-6H3,(H,26,30)/t17-,19-,20+,21+/m0/s1. The highest BCUT2D eigenvalue weighted by molar-refractivity contribution is 7.89. The average molecular weight is 498 g/mol. The maximum atomic E-state index is 13.9. The smallest absolute Gasteiger partial charge is 0.408 e. The third kappa shape index (κ3) is 7.68. The van der Waals surface area contributed by atoms with Crippen LogP contribution in [0.5, 0.6) is 0 Å². The van der Waals surface area contributed by atoms with Crippen LogP contribution in [-0.2, 0) is 19.6 Å². The van der Waals surface area contributed by atoms with Gasteiger partial charge in [-0.15, -0.1) is 0 Å². The number of β-amino-alcohol motifs (C(OH)–C–C–N with tert-alkyl or cyclic N) is 1. The number of benzene rings is 1. The Morgan fingerprint density at radius 1 is 1.21 bits per heavy atom. The van der Waals surface area contributed by atoms with E-state index in [0.29, 0.717) is 6.42 Å². The summed E-state index contributed by atoms with van der Waals surface area (Å²) in [6, 6.07) is 5.60. The van der Waals surface area contributed by atoms with Gasteiger partial charge in [0.05, 0.1) is 17.0 Å². The fourth-order valence-corrected chi connectivity index (χ4v) is 5.60. The van der Waals surface area contributed by atoms with Crippen LogP contribution >= 0.6 is 0 Å². The van der Waals surface area contributed by atoms with Crippen molar-refractivity contribution in [3.8, 4) is 0 Å². The van der Waals surface area contributed by atoms with Gasteiger partial charge in [0.15, 0.2) is 0 Å². The molecule has 3 N–H and O–H groups in total. The van der Waals surface area contributed by atoms with Gasteiger partial charge in [0.2, 0.25) is 0 Å². The number of amides is 2. The Labute approximate surface area is 203 Å². The van der Waals surface area contributed by atoms with Gasteiger partial charge in [-0.25, -0.2) is 17.5 Å². The summed E-state index contributed by atoms with van der Waals surface area (Å²) in [4.78, 5) is 26.4. The van der Waals surface area contributed by atoms with Gasteiger partial charge in [0, 0.05) is 12.6 Å². The number of ether oxygens (including phenoxy) is 1. The molecule has 1 aromatic rings. The molecule has 0 spiro atoms. The van der Waals surface area contributed by atoms with Crippen molar-refractivity contribution in [2.24, 2.45) is 5.92 Å². The maximum absolute atomic E-state index is 13.9. The first-order chi connectivity index (χ1) is 15.7. The second-order valence-corrected chi connectivity index (χ2v) is 12.1. The van der Waals surface area contributed by atoms with E-state index in [1.165, 1.54) is 12.1 Å². The van der Waals surface area contributed by atoms with Crippen molar-refractivity contribution in [3.05, 3.63) is 30.3 Å². The number of aliphatic hydroxyl groups excluding tert-OH is 1. The van der Waals surface area contributed by atoms with Crippen LogP contribution < -0.4 is 10.6 Å². The SMILES string of the molecule is CC(C)C[C@H](NC(=O)OC(C)(C)C)C(=O)N([C@@H]1CC[C@H](C)NC[C@H]1O)S(=O)(=O)c1ccccc1. The van der Waals surface area contributed by atoms with E-state index in [4.69, 9.17) is 4.74 Å². The Morgan fingerprint density at radius 2 is 1.82 bits per heavy atom. The molecule has 1 aromatic carbocycles. The molecule has 10 heteroatoms. The van der Waals surface area contributed by atoms with E-state index < -0.39 is 45.8 Å². The number of carbonyl (C=O) groups is 2. The van der Waals surface area contributed by atoms with Crippen molar-refractivity contribution in [2.45, 2.75) is 95.5 Å². The van der Waals surface area contributed by atoms with Gasteiger partial charge in [-0.3, -0.25) is 4.79 Å². The van der Waals surface area contributed by atoms with Crippen molar-refractivity contribution in [1.82, 2.24) is 14.9 Å². The van der Waals surface area contributed by atoms with Crippen molar-refractivity contribution < 1.29 is 27.9 Å². The molecule has 0 aromatic heterocycles. The van der Waals surface area contributed by atoms with Gasteiger partial charge in [-0.1, -0.05) is 32.0 Å². The minimum Gasteiger partial charge on any atom is -0.444 e. The lowest BCUT2D eigenvalue weighted by atomic mass is 10.0. The minimum absolute atomic E-state index is 0.0223. The Hall–Kier alpha value is -2.17. The highest BCUT2D eigenvalue weighted by Gasteiger charge is 2.43. The summed E-state index contributed by atoms with van der Waals surface area (Å²) in [5.74, 6) is -0.812. The van der Waals surface area contributed by atoms with Crippen molar-refractivity contribution in [1.29, 1.82) is 0 Å². The summed E-state index contributed by atoms with van der Waals surface area (Å²) in [5, 5.41) is 16.6. The first kappa shape index (κ1) is 28.1. The Balaban J connectivity index is 2.51. The number of rotatable bonds is 7. The molecular weight excluding hydrogens is 458 g/mol. The number of alkyl carbamates (subject to hydrolysis) is 1. The molecule has 0 unspecified atom stereocenters. The summed E-state index contributed by atoms with van der Waals surface area (Å²) < 4.78 is 33.6. The highest BCUT2D eigenvalue weighted by atomic mass is 32.2. The molecule has 2 rings (SSSR count). The third-order valence-electron chi connectivity index (χ3n) is 5.53. The number of hydrogen-bond acceptors (Lipinski definition) is 7. The molecule has 1 saturated heterocycles. The molecule has 9 nitrogen and oxygen atoms in total. The molecule has 0 radical (unpaired) electrons. The third-order valence-corrected chi connectivity index (χ3v) is 7.37. The zero-order chi connectivity index (χ0) is 25.7. The van der Waals surface area contributed by atoms with Crippen molar-refractivity contribution >= 4 is 22.0 Å². The zero-order valence-corrected chi connectivity index (χ0v) is 21.8. The average Bonchev–Trinajstić information content (AvgIpc) is 2.88. The maximum Gasteiger partial charge on any atom is 0.408 e. The molecule has 0 saturated carbocycles. The van der Waals surface area contributed by atoms with Gasteiger partial charge in [-0.05, 0) is 65.0 Å². The highest BCUT2D eigenvalue weighted by Crippen LogP contribution is 2.27. The summed E-state index contributed by atoms with van der Waals surface area (Å²) >= 11 is 0. The predicted molar refractivity (Wildman–Crippen MR) is 130 cm³/mol. The quantitative estimate of drug-likeness (QED) is 0.529. The summed E-state index contributed by atoms with van der Waals surface area (Å²) in [6.45, 7) is 10.9. The molecule has 192 valence electrons. The molecule has 34 heavy (non-hydrogen) atoms. The second-order valence-electron chi connectivity index (χ2n) is 10.3. The molecule has 0 bridgehead atoms. The van der Waals surface area contributed by atoms with E-state index in [1.54, 1.807) is 39.0 Å². The number of aliphatic hydroxyl groups is 1. The Bertz CT molecular complexity index is 930. The number of hydrogen-bond donors (Lipinski definition) is 3. The van der Waals surface area contributed by atoms with E-state index >= 15 is 0 Å². The molecule has 1 heterocycles. The van der Waals surface area contributed by atoms with Gasteiger partial charge in [0.1, 0.15) is 11.6 Å². The van der Waals surface area contributed by atoms with Gasteiger partial charge < -0.3 is 20.5 Å². The van der Waals surface area contributed by atoms with E-state index in [1.807, 2.05) is 20.8 Å². The minimum atomic E-state index is -4.31. The second kappa shape index (κ2) is 11.5. The number of nitrogens with one attached hydrogen (secondary N) is 2. The van der Waals surface area contributed by atoms with Gasteiger partial charge in [0.25, 0.3) is 15.9 Å². The van der Waals surface area contributed by atoms with E-state index in [-0.39, 0.29) is 36.2 Å². The lowest BCUT2D eigenvalue weighted by molar-refractivity contribution is -0.132. The molecule has 0 aliphatic carbocycles. The van der Waals surface area contributed by atoms with Crippen LogP contribution in [0.3, 0.4) is 0 Å². The van der Waals surface area contributed by atoms with Crippen molar-refractivity contribution in [2.75, 3.05) is 6.54 Å². The van der Waals surface area contributed by atoms with Crippen molar-refractivity contribution in [3.63, 3.8) is 0 Å². The van der Waals surface area contributed by atoms with Crippen LogP contribution in [0.1, 0.15) is 60.8 Å². The number of carbonyl (C=O) groups excluding carboxylic acids is 2. The Kier molecular flexibility index (Phi) is 9.50. The largest absolute Gasteiger partial charge is 0.444 e. The van der Waals surface area contributed by atoms with Crippen LogP contribution in [0.2, 0.25) is 0 Å². The first-order valence-corrected chi connectivity index (χ1v) is 13.2. The fraction of sp³-hybridized carbons (Fsp3) is 0.667. The molecule has 2 amide bonds. The number of nitrogens with zero attached hydrogens (tertiary/aromatic N) is 1. The lowest BCUT2D eigenvalue weighted by Crippen LogP contribution is -2.58. The Morgan fingerprint density at radius 3 is 2.38 bits per heavy atom. The molecule has 1 fully saturated rings. The van der Waals surface area contributed by atoms with E-state index in [0.717, 1.165) is 4.31 Å². The monoisotopic (exact) mass is 497 g/mol. The fourth-order valence-electron chi connectivity index (χ4n) is 3.91. The van der Waals surface area contributed by atoms with Crippen LogP contribution in [0.15, 0.2) is 35.2 Å². The van der Waals surface area contributed by atoms with Gasteiger partial charge >= 0.3 is 6.09 Å². The molecule has 1 aliphatic heterocycles.